The van der Waals surface area contributed by atoms with Gasteiger partial charge in [-0.15, -0.1) is 0 Å². The summed E-state index contributed by atoms with van der Waals surface area (Å²) in [5.41, 5.74) is 1.35. The Morgan fingerprint density at radius 2 is 1.89 bits per heavy atom. The number of ether oxygens (including phenoxy) is 2. The minimum absolute atomic E-state index is 0.0132. The topological polar surface area (TPSA) is 101 Å². The number of benzene rings is 1. The van der Waals surface area contributed by atoms with Gasteiger partial charge in [-0.25, -0.2) is 9.59 Å². The molecular weight excluding hydrogens is 472 g/mol. The van der Waals surface area contributed by atoms with Crippen molar-refractivity contribution in [3.8, 4) is 0 Å². The maximum atomic E-state index is 13.7. The molecule has 0 spiro atoms. The summed E-state index contributed by atoms with van der Waals surface area (Å²) in [6.45, 7) is 9.34. The normalized spacial score (nSPS) is 21.1. The smallest absolute Gasteiger partial charge is 0.338 e. The van der Waals surface area contributed by atoms with Gasteiger partial charge >= 0.3 is 12.0 Å². The maximum Gasteiger partial charge on any atom is 0.338 e. The van der Waals surface area contributed by atoms with Gasteiger partial charge in [-0.2, -0.15) is 0 Å². The molecule has 1 unspecified atom stereocenters. The summed E-state index contributed by atoms with van der Waals surface area (Å²) in [6.07, 6.45) is 3.44. The first-order chi connectivity index (χ1) is 17.8. The molecule has 0 bridgehead atoms. The molecule has 2 fully saturated rings. The molecule has 0 radical (unpaired) electrons. The van der Waals surface area contributed by atoms with Gasteiger partial charge in [0, 0.05) is 42.5 Å². The second-order valence-electron chi connectivity index (χ2n) is 9.76. The SMILES string of the molecule is CCOC(=O)c1ccc(NC(=O)N2C/C(=C/c3ccccn3)C(=O)C(C)(C)C2CN2CCOCC2)cc1. The second-order valence-corrected chi connectivity index (χ2v) is 9.76. The molecule has 1 aromatic carbocycles. The minimum Gasteiger partial charge on any atom is -0.462 e. The van der Waals surface area contributed by atoms with Crippen LogP contribution >= 0.6 is 0 Å². The van der Waals surface area contributed by atoms with Crippen LogP contribution in [-0.2, 0) is 14.3 Å². The standard InChI is InChI=1S/C28H34N4O5/c1-4-37-26(34)20-8-10-22(11-9-20)30-27(35)32-18-21(17-23-7-5-6-12-29-23)25(33)28(2,3)24(32)19-31-13-15-36-16-14-31/h5-12,17,24H,4,13-16,18-19H2,1-3H3,(H,30,35)/b21-17-. The molecule has 1 atom stereocenters. The molecule has 3 heterocycles. The highest BCUT2D eigenvalue weighted by atomic mass is 16.5. The van der Waals surface area contributed by atoms with Gasteiger partial charge in [0.05, 0.1) is 43.7 Å². The quantitative estimate of drug-likeness (QED) is 0.473. The number of ketones is 1. The number of nitrogens with zero attached hydrogens (tertiary/aromatic N) is 3. The number of aromatic nitrogens is 1. The van der Waals surface area contributed by atoms with Crippen LogP contribution in [0.1, 0.15) is 36.8 Å². The highest BCUT2D eigenvalue weighted by molar-refractivity contribution is 6.06. The van der Waals surface area contributed by atoms with E-state index in [1.165, 1.54) is 0 Å². The number of amides is 2. The third-order valence-electron chi connectivity index (χ3n) is 6.88. The number of morpholine rings is 1. The van der Waals surface area contributed by atoms with E-state index in [4.69, 9.17) is 9.47 Å². The molecule has 0 aliphatic carbocycles. The summed E-state index contributed by atoms with van der Waals surface area (Å²) in [4.78, 5) is 47.6. The predicted molar refractivity (Wildman–Crippen MR) is 140 cm³/mol. The van der Waals surface area contributed by atoms with Crippen LogP contribution in [0.2, 0.25) is 0 Å². The molecule has 196 valence electrons. The van der Waals surface area contributed by atoms with Gasteiger partial charge in [-0.3, -0.25) is 14.7 Å². The van der Waals surface area contributed by atoms with Gasteiger partial charge in [0.25, 0.3) is 0 Å². The van der Waals surface area contributed by atoms with Crippen LogP contribution in [-0.4, -0.2) is 84.6 Å². The number of esters is 1. The van der Waals surface area contributed by atoms with E-state index in [1.54, 1.807) is 48.4 Å². The molecule has 2 aliphatic heterocycles. The van der Waals surface area contributed by atoms with E-state index < -0.39 is 11.4 Å². The predicted octanol–water partition coefficient (Wildman–Crippen LogP) is 3.49. The molecule has 1 aromatic heterocycles. The molecule has 9 heteroatoms. The molecule has 4 rings (SSSR count). The fraction of sp³-hybridized carbons (Fsp3) is 0.429. The summed E-state index contributed by atoms with van der Waals surface area (Å²) >= 11 is 0. The van der Waals surface area contributed by atoms with Crippen molar-refractivity contribution in [2.75, 3.05) is 51.3 Å². The molecule has 2 amide bonds. The van der Waals surface area contributed by atoms with Crippen molar-refractivity contribution in [1.82, 2.24) is 14.8 Å². The summed E-state index contributed by atoms with van der Waals surface area (Å²) in [7, 11) is 0. The van der Waals surface area contributed by atoms with Crippen LogP contribution in [0, 0.1) is 5.41 Å². The van der Waals surface area contributed by atoms with Crippen molar-refractivity contribution in [2.45, 2.75) is 26.8 Å². The molecule has 2 saturated heterocycles. The fourth-order valence-electron chi connectivity index (χ4n) is 4.74. The number of rotatable bonds is 6. The van der Waals surface area contributed by atoms with Crippen molar-refractivity contribution in [1.29, 1.82) is 0 Å². The lowest BCUT2D eigenvalue weighted by Crippen LogP contribution is -2.62. The van der Waals surface area contributed by atoms with Crippen molar-refractivity contribution in [3.63, 3.8) is 0 Å². The highest BCUT2D eigenvalue weighted by Crippen LogP contribution is 2.36. The molecule has 37 heavy (non-hydrogen) atoms. The van der Waals surface area contributed by atoms with Gasteiger partial charge in [-0.05, 0) is 49.4 Å². The summed E-state index contributed by atoms with van der Waals surface area (Å²) in [6, 6.07) is 11.4. The van der Waals surface area contributed by atoms with Gasteiger partial charge in [0.15, 0.2) is 5.78 Å². The van der Waals surface area contributed by atoms with Crippen LogP contribution in [0.3, 0.4) is 0 Å². The minimum atomic E-state index is -0.817. The number of carbonyl (C=O) groups excluding carboxylic acids is 3. The third-order valence-corrected chi connectivity index (χ3v) is 6.88. The fourth-order valence-corrected chi connectivity index (χ4v) is 4.74. The number of Topliss-reactive ketones (excluding diaryl/α,β-unsaturated/α-hetero) is 1. The van der Waals surface area contributed by atoms with Crippen LogP contribution in [0.15, 0.2) is 54.2 Å². The molecular formula is C28H34N4O5. The number of piperidine rings is 1. The van der Waals surface area contributed by atoms with Crippen LogP contribution < -0.4 is 5.32 Å². The van der Waals surface area contributed by atoms with Crippen LogP contribution in [0.5, 0.6) is 0 Å². The van der Waals surface area contributed by atoms with Crippen molar-refractivity contribution < 1.29 is 23.9 Å². The molecule has 0 saturated carbocycles. The lowest BCUT2D eigenvalue weighted by atomic mass is 9.73. The van der Waals surface area contributed by atoms with E-state index in [1.807, 2.05) is 32.0 Å². The molecule has 2 aromatic rings. The van der Waals surface area contributed by atoms with Gasteiger partial charge in [0.2, 0.25) is 0 Å². The van der Waals surface area contributed by atoms with Crippen LogP contribution in [0.4, 0.5) is 10.5 Å². The maximum absolute atomic E-state index is 13.7. The number of likely N-dealkylation sites (tertiary alicyclic amines) is 1. The number of urea groups is 1. The summed E-state index contributed by atoms with van der Waals surface area (Å²) < 4.78 is 10.5. The van der Waals surface area contributed by atoms with Gasteiger partial charge in [0.1, 0.15) is 0 Å². The molecule has 9 nitrogen and oxygen atoms in total. The zero-order valence-corrected chi connectivity index (χ0v) is 21.6. The van der Waals surface area contributed by atoms with E-state index in [-0.39, 0.29) is 24.4 Å². The lowest BCUT2D eigenvalue weighted by Gasteiger charge is -2.48. The Morgan fingerprint density at radius 3 is 2.54 bits per heavy atom. The first-order valence-corrected chi connectivity index (χ1v) is 12.6. The zero-order valence-electron chi connectivity index (χ0n) is 21.6. The highest BCUT2D eigenvalue weighted by Gasteiger charge is 2.48. The Bertz CT molecular complexity index is 1140. The van der Waals surface area contributed by atoms with Gasteiger partial charge < -0.3 is 19.7 Å². The van der Waals surface area contributed by atoms with E-state index in [9.17, 15) is 14.4 Å². The molecule has 1 N–H and O–H groups in total. The Labute approximate surface area is 217 Å². The van der Waals surface area contributed by atoms with Gasteiger partial charge in [-0.1, -0.05) is 19.9 Å². The number of pyridine rings is 1. The number of anilines is 1. The van der Waals surface area contributed by atoms with E-state index in [2.05, 4.69) is 15.2 Å². The monoisotopic (exact) mass is 506 g/mol. The van der Waals surface area contributed by atoms with Crippen LogP contribution in [0.25, 0.3) is 6.08 Å². The number of carbonyl (C=O) groups is 3. The van der Waals surface area contributed by atoms with Crippen molar-refractivity contribution in [3.05, 3.63) is 65.5 Å². The Hall–Kier alpha value is -3.56. The average molecular weight is 507 g/mol. The summed E-state index contributed by atoms with van der Waals surface area (Å²) in [5, 5.41) is 2.95. The summed E-state index contributed by atoms with van der Waals surface area (Å²) in [5.74, 6) is -0.397. The Kier molecular flexibility index (Phi) is 8.35. The van der Waals surface area contributed by atoms with Crippen molar-refractivity contribution in [2.24, 2.45) is 5.41 Å². The third kappa shape index (κ3) is 6.23. The second kappa shape index (κ2) is 11.7. The van der Waals surface area contributed by atoms with E-state index in [0.29, 0.717) is 48.9 Å². The Morgan fingerprint density at radius 1 is 1.16 bits per heavy atom. The molecule has 2 aliphatic rings. The number of hydrogen-bond acceptors (Lipinski definition) is 7. The van der Waals surface area contributed by atoms with E-state index in [0.717, 1.165) is 13.1 Å². The number of nitrogens with one attached hydrogen (secondary N) is 1. The first kappa shape index (κ1) is 26.5. The first-order valence-electron chi connectivity index (χ1n) is 12.6. The zero-order chi connectivity index (χ0) is 26.4. The van der Waals surface area contributed by atoms with Crippen molar-refractivity contribution >= 4 is 29.5 Å². The lowest BCUT2D eigenvalue weighted by molar-refractivity contribution is -0.129. The van der Waals surface area contributed by atoms with E-state index >= 15 is 0 Å². The Balaban J connectivity index is 1.60. The average Bonchev–Trinajstić information content (AvgIpc) is 2.90. The number of hydrogen-bond donors (Lipinski definition) is 1. The largest absolute Gasteiger partial charge is 0.462 e.